The Bertz CT molecular complexity index is 3290. The van der Waals surface area contributed by atoms with E-state index in [1.165, 1.54) is 82.1 Å². The van der Waals surface area contributed by atoms with Gasteiger partial charge in [0.25, 0.3) is 0 Å². The van der Waals surface area contributed by atoms with E-state index in [2.05, 4.69) is 167 Å². The molecule has 1 aliphatic carbocycles. The number of benzene rings is 7. The fourth-order valence-corrected chi connectivity index (χ4v) is 8.78. The lowest BCUT2D eigenvalue weighted by atomic mass is 10.00. The molecule has 0 saturated carbocycles. The first-order valence-electron chi connectivity index (χ1n) is 17.7. The second-order valence-corrected chi connectivity index (χ2v) is 13.9. The van der Waals surface area contributed by atoms with E-state index in [1.54, 1.807) is 0 Å². The second kappa shape index (κ2) is 10.3. The molecule has 4 heteroatoms. The molecular weight excluding hydrogens is 633 g/mol. The number of fused-ring (bicyclic) bond motifs is 10. The maximum atomic E-state index is 5.13. The van der Waals surface area contributed by atoms with E-state index in [-0.39, 0.29) is 0 Å². The molecule has 0 bridgehead atoms. The summed E-state index contributed by atoms with van der Waals surface area (Å²) >= 11 is 0. The summed E-state index contributed by atoms with van der Waals surface area (Å²) in [6, 6.07) is 57.3. The summed E-state index contributed by atoms with van der Waals surface area (Å²) in [5.41, 5.74) is 12.8. The van der Waals surface area contributed by atoms with E-state index < -0.39 is 0 Å². The Morgan fingerprint density at radius 1 is 0.385 bits per heavy atom. The predicted octanol–water partition coefficient (Wildman–Crippen LogP) is 12.3. The topological polar surface area (TPSA) is 35.6 Å². The number of hydrogen-bond donors (Lipinski definition) is 0. The van der Waals surface area contributed by atoms with Gasteiger partial charge in [-0.2, -0.15) is 0 Å². The SMILES string of the molecule is c1ccc(-n2c3ccccc3c3cc(-c4ccc5c(c4)c4cc6ccccc6cc4n5-c4cc5c(cn4)-c4nccc6cccc-5c46)ccc32)cc1. The summed E-state index contributed by atoms with van der Waals surface area (Å²) < 4.78 is 4.71. The van der Waals surface area contributed by atoms with E-state index in [0.717, 1.165) is 28.1 Å². The zero-order valence-corrected chi connectivity index (χ0v) is 28.0. The van der Waals surface area contributed by atoms with Crippen LogP contribution in [0.2, 0.25) is 0 Å². The van der Waals surface area contributed by atoms with Crippen molar-refractivity contribution in [2.24, 2.45) is 0 Å². The standard InChI is InChI=1S/C48H28N4/c1-2-12-34(13-3-1)51-42-16-7-6-14-35(42)38-24-32(17-19-43(38)51)33-18-20-44-39(25-33)40-23-30-9-4-5-10-31(30)26-45(40)52(44)46-27-37-36-15-8-11-29-21-22-49-48(47(29)36)41(37)28-50-46/h1-28H. The first kappa shape index (κ1) is 27.7. The molecule has 11 aromatic rings. The summed E-state index contributed by atoms with van der Waals surface area (Å²) in [5.74, 6) is 0.904. The van der Waals surface area contributed by atoms with Gasteiger partial charge in [-0.05, 0) is 105 Å². The minimum absolute atomic E-state index is 0.904. The number of para-hydroxylation sites is 2. The van der Waals surface area contributed by atoms with Gasteiger partial charge in [-0.1, -0.05) is 91.0 Å². The number of nitrogens with zero attached hydrogens (tertiary/aromatic N) is 4. The molecule has 52 heavy (non-hydrogen) atoms. The number of rotatable bonds is 3. The summed E-state index contributed by atoms with van der Waals surface area (Å²) in [5, 5.41) is 9.78. The van der Waals surface area contributed by atoms with Crippen LogP contribution in [0.15, 0.2) is 170 Å². The summed E-state index contributed by atoms with van der Waals surface area (Å²) in [7, 11) is 0. The molecule has 7 aromatic carbocycles. The molecule has 1 aliphatic rings. The highest BCUT2D eigenvalue weighted by Crippen LogP contribution is 2.47. The van der Waals surface area contributed by atoms with Crippen molar-refractivity contribution in [2.75, 3.05) is 0 Å². The van der Waals surface area contributed by atoms with E-state index in [4.69, 9.17) is 9.97 Å². The minimum atomic E-state index is 0.904. The average Bonchev–Trinajstić information content (AvgIpc) is 3.83. The van der Waals surface area contributed by atoms with Gasteiger partial charge in [0, 0.05) is 50.6 Å². The van der Waals surface area contributed by atoms with Gasteiger partial charge >= 0.3 is 0 Å². The largest absolute Gasteiger partial charge is 0.309 e. The van der Waals surface area contributed by atoms with E-state index in [1.807, 2.05) is 12.4 Å². The maximum absolute atomic E-state index is 5.13. The molecule has 0 amide bonds. The van der Waals surface area contributed by atoms with Crippen molar-refractivity contribution in [3.05, 3.63) is 170 Å². The van der Waals surface area contributed by atoms with Crippen LogP contribution in [0.5, 0.6) is 0 Å². The third-order valence-corrected chi connectivity index (χ3v) is 11.1. The first-order valence-corrected chi connectivity index (χ1v) is 17.7. The molecule has 240 valence electrons. The van der Waals surface area contributed by atoms with Crippen LogP contribution >= 0.6 is 0 Å². The molecular formula is C48H28N4. The molecule has 0 aliphatic heterocycles. The lowest BCUT2D eigenvalue weighted by Crippen LogP contribution is -1.98. The van der Waals surface area contributed by atoms with Crippen LogP contribution in [0.3, 0.4) is 0 Å². The lowest BCUT2D eigenvalue weighted by Gasteiger charge is -2.11. The molecule has 0 saturated heterocycles. The maximum Gasteiger partial charge on any atom is 0.138 e. The molecule has 4 nitrogen and oxygen atoms in total. The quantitative estimate of drug-likeness (QED) is 0.189. The fraction of sp³-hybridized carbons (Fsp3) is 0. The van der Waals surface area contributed by atoms with Crippen LogP contribution in [0.1, 0.15) is 0 Å². The molecule has 0 unspecified atom stereocenters. The third-order valence-electron chi connectivity index (χ3n) is 11.1. The van der Waals surface area contributed by atoms with Gasteiger partial charge in [-0.25, -0.2) is 4.98 Å². The van der Waals surface area contributed by atoms with Gasteiger partial charge in [0.1, 0.15) is 5.82 Å². The van der Waals surface area contributed by atoms with Gasteiger partial charge < -0.3 is 4.57 Å². The van der Waals surface area contributed by atoms with Crippen LogP contribution in [0, 0.1) is 0 Å². The molecule has 0 fully saturated rings. The van der Waals surface area contributed by atoms with Crippen molar-refractivity contribution < 1.29 is 0 Å². The van der Waals surface area contributed by atoms with Crippen LogP contribution in [-0.4, -0.2) is 19.1 Å². The molecule has 12 rings (SSSR count). The zero-order chi connectivity index (χ0) is 33.9. The van der Waals surface area contributed by atoms with Crippen molar-refractivity contribution in [1.82, 2.24) is 19.1 Å². The Labute approximate surface area is 298 Å². The highest BCUT2D eigenvalue weighted by molar-refractivity contribution is 6.16. The zero-order valence-electron chi connectivity index (χ0n) is 28.0. The van der Waals surface area contributed by atoms with Crippen molar-refractivity contribution in [3.63, 3.8) is 0 Å². The number of hydrogen-bond acceptors (Lipinski definition) is 2. The van der Waals surface area contributed by atoms with Gasteiger partial charge in [-0.3, -0.25) is 9.55 Å². The minimum Gasteiger partial charge on any atom is -0.309 e. The van der Waals surface area contributed by atoms with Crippen molar-refractivity contribution >= 4 is 65.2 Å². The highest BCUT2D eigenvalue weighted by Gasteiger charge is 2.25. The van der Waals surface area contributed by atoms with E-state index >= 15 is 0 Å². The number of pyridine rings is 2. The van der Waals surface area contributed by atoms with Crippen molar-refractivity contribution in [2.45, 2.75) is 0 Å². The molecule has 0 spiro atoms. The Kier molecular flexibility index (Phi) is 5.47. The molecule has 0 atom stereocenters. The van der Waals surface area contributed by atoms with Crippen LogP contribution < -0.4 is 0 Å². The molecule has 0 radical (unpaired) electrons. The first-order chi connectivity index (χ1) is 25.8. The van der Waals surface area contributed by atoms with Crippen LogP contribution in [-0.2, 0) is 0 Å². The monoisotopic (exact) mass is 660 g/mol. The van der Waals surface area contributed by atoms with Gasteiger partial charge in [0.05, 0.1) is 27.8 Å². The Hall–Kier alpha value is -7.04. The highest BCUT2D eigenvalue weighted by atomic mass is 15.1. The normalized spacial score (nSPS) is 12.2. The van der Waals surface area contributed by atoms with Crippen molar-refractivity contribution in [3.8, 4) is 45.0 Å². The molecule has 4 heterocycles. The summed E-state index contributed by atoms with van der Waals surface area (Å²) in [6.45, 7) is 0. The van der Waals surface area contributed by atoms with E-state index in [0.29, 0.717) is 0 Å². The van der Waals surface area contributed by atoms with Gasteiger partial charge in [0.2, 0.25) is 0 Å². The predicted molar refractivity (Wildman–Crippen MR) is 216 cm³/mol. The van der Waals surface area contributed by atoms with Gasteiger partial charge in [-0.15, -0.1) is 0 Å². The smallest absolute Gasteiger partial charge is 0.138 e. The lowest BCUT2D eigenvalue weighted by molar-refractivity contribution is 1.08. The molecule has 0 N–H and O–H groups in total. The van der Waals surface area contributed by atoms with Gasteiger partial charge in [0.15, 0.2) is 0 Å². The molecule has 4 aromatic heterocycles. The Morgan fingerprint density at radius 2 is 1.06 bits per heavy atom. The number of aromatic nitrogens is 4. The van der Waals surface area contributed by atoms with Crippen LogP contribution in [0.4, 0.5) is 0 Å². The Balaban J connectivity index is 1.09. The second-order valence-electron chi connectivity index (χ2n) is 13.9. The summed E-state index contributed by atoms with van der Waals surface area (Å²) in [6.07, 6.45) is 3.92. The average molecular weight is 661 g/mol. The van der Waals surface area contributed by atoms with E-state index in [9.17, 15) is 0 Å². The fourth-order valence-electron chi connectivity index (χ4n) is 8.78. The van der Waals surface area contributed by atoms with Crippen molar-refractivity contribution in [1.29, 1.82) is 0 Å². The Morgan fingerprint density at radius 3 is 1.90 bits per heavy atom. The summed E-state index contributed by atoms with van der Waals surface area (Å²) in [4.78, 5) is 9.92. The third kappa shape index (κ3) is 3.75. The van der Waals surface area contributed by atoms with Crippen LogP contribution in [0.25, 0.3) is 110 Å².